The van der Waals surface area contributed by atoms with Crippen LogP contribution in [-0.4, -0.2) is 5.11 Å². The van der Waals surface area contributed by atoms with Crippen molar-refractivity contribution in [2.45, 2.75) is 58.3 Å². The maximum absolute atomic E-state index is 9.99. The molecule has 1 aliphatic carbocycles. The third kappa shape index (κ3) is 3.02. The van der Waals surface area contributed by atoms with Crippen LogP contribution in [0.2, 0.25) is 0 Å². The van der Waals surface area contributed by atoms with Gasteiger partial charge in [-0.2, -0.15) is 0 Å². The Kier molecular flexibility index (Phi) is 4.09. The molecule has 0 aromatic heterocycles. The van der Waals surface area contributed by atoms with E-state index in [4.69, 9.17) is 0 Å². The topological polar surface area (TPSA) is 20.2 Å². The molecule has 0 atom stereocenters. The first-order chi connectivity index (χ1) is 8.18. The molecule has 0 bridgehead atoms. The zero-order chi connectivity index (χ0) is 12.3. The average molecular weight is 232 g/mol. The number of hydrogen-bond donors (Lipinski definition) is 1. The minimum absolute atomic E-state index is 0.412. The van der Waals surface area contributed by atoms with Crippen LogP contribution < -0.4 is 0 Å². The van der Waals surface area contributed by atoms with Crippen molar-refractivity contribution in [3.63, 3.8) is 0 Å². The van der Waals surface area contributed by atoms with Crippen molar-refractivity contribution in [3.05, 3.63) is 29.3 Å². The van der Waals surface area contributed by atoms with Crippen LogP contribution >= 0.6 is 0 Å². The molecule has 0 saturated heterocycles. The van der Waals surface area contributed by atoms with Gasteiger partial charge in [0.1, 0.15) is 5.75 Å². The predicted octanol–water partition coefficient (Wildman–Crippen LogP) is 4.64. The highest BCUT2D eigenvalue weighted by atomic mass is 16.3. The minimum atomic E-state index is 0.412. The minimum Gasteiger partial charge on any atom is -0.508 e. The molecule has 0 aliphatic heterocycles. The van der Waals surface area contributed by atoms with Crippen molar-refractivity contribution in [1.29, 1.82) is 0 Å². The summed E-state index contributed by atoms with van der Waals surface area (Å²) in [5, 5.41) is 9.99. The molecule has 2 rings (SSSR count). The van der Waals surface area contributed by atoms with Crippen LogP contribution in [0, 0.1) is 5.92 Å². The second kappa shape index (κ2) is 5.57. The Labute approximate surface area is 105 Å². The van der Waals surface area contributed by atoms with E-state index in [0.717, 1.165) is 17.9 Å². The lowest BCUT2D eigenvalue weighted by molar-refractivity contribution is 0.355. The summed E-state index contributed by atoms with van der Waals surface area (Å²) in [5.74, 6) is 1.73. The van der Waals surface area contributed by atoms with Gasteiger partial charge in [-0.25, -0.2) is 0 Å². The number of benzene rings is 1. The lowest BCUT2D eigenvalue weighted by atomic mass is 9.82. The summed E-state index contributed by atoms with van der Waals surface area (Å²) in [5.41, 5.74) is 2.53. The van der Waals surface area contributed by atoms with Crippen molar-refractivity contribution >= 4 is 0 Å². The van der Waals surface area contributed by atoms with Crippen molar-refractivity contribution in [2.24, 2.45) is 5.92 Å². The molecule has 0 spiro atoms. The molecule has 94 valence electrons. The lowest BCUT2D eigenvalue weighted by Gasteiger charge is -2.23. The van der Waals surface area contributed by atoms with Gasteiger partial charge in [0.05, 0.1) is 0 Å². The molecule has 0 radical (unpaired) electrons. The first-order valence-corrected chi connectivity index (χ1v) is 6.99. The highest BCUT2D eigenvalue weighted by molar-refractivity contribution is 5.41. The van der Waals surface area contributed by atoms with E-state index in [1.165, 1.54) is 37.7 Å². The molecular formula is C16H24O. The number of hydrogen-bond acceptors (Lipinski definition) is 1. The summed E-state index contributed by atoms with van der Waals surface area (Å²) in [4.78, 5) is 0. The average Bonchev–Trinajstić information content (AvgIpc) is 2.30. The summed E-state index contributed by atoms with van der Waals surface area (Å²) in [6, 6.07) is 6.00. The summed E-state index contributed by atoms with van der Waals surface area (Å²) >= 11 is 0. The normalized spacial score (nSPS) is 17.6. The van der Waals surface area contributed by atoms with E-state index in [0.29, 0.717) is 11.7 Å². The highest BCUT2D eigenvalue weighted by Crippen LogP contribution is 2.33. The molecule has 0 amide bonds. The summed E-state index contributed by atoms with van der Waals surface area (Å²) in [6.07, 6.45) is 8.08. The Morgan fingerprint density at radius 3 is 2.53 bits per heavy atom. The molecule has 1 fully saturated rings. The lowest BCUT2D eigenvalue weighted by Crippen LogP contribution is -2.11. The predicted molar refractivity (Wildman–Crippen MR) is 72.5 cm³/mol. The van der Waals surface area contributed by atoms with Gasteiger partial charge in [0, 0.05) is 0 Å². The first kappa shape index (κ1) is 12.5. The largest absolute Gasteiger partial charge is 0.508 e. The maximum atomic E-state index is 9.99. The molecular weight excluding hydrogens is 208 g/mol. The maximum Gasteiger partial charge on any atom is 0.119 e. The van der Waals surface area contributed by atoms with E-state index in [-0.39, 0.29) is 0 Å². The fourth-order valence-electron chi connectivity index (χ4n) is 3.15. The smallest absolute Gasteiger partial charge is 0.119 e. The number of aromatic hydroxyl groups is 1. The first-order valence-electron chi connectivity index (χ1n) is 6.99. The fraction of sp³-hybridized carbons (Fsp3) is 0.625. The van der Waals surface area contributed by atoms with Gasteiger partial charge >= 0.3 is 0 Å². The fourth-order valence-corrected chi connectivity index (χ4v) is 3.15. The van der Waals surface area contributed by atoms with Crippen LogP contribution in [0.1, 0.15) is 63.0 Å². The molecule has 0 unspecified atom stereocenters. The van der Waals surface area contributed by atoms with Crippen molar-refractivity contribution in [1.82, 2.24) is 0 Å². The second-order valence-corrected chi connectivity index (χ2v) is 5.71. The standard InChI is InChI=1S/C16H24O/c1-12(2)16-14(9-6-10-15(16)17)11-13-7-4-3-5-8-13/h6,9-10,12-13,17H,3-5,7-8,11H2,1-2H3. The zero-order valence-electron chi connectivity index (χ0n) is 11.1. The van der Waals surface area contributed by atoms with Gasteiger partial charge in [-0.15, -0.1) is 0 Å². The van der Waals surface area contributed by atoms with E-state index in [1.54, 1.807) is 0 Å². The van der Waals surface area contributed by atoms with Crippen LogP contribution in [0.25, 0.3) is 0 Å². The SMILES string of the molecule is CC(C)c1c(O)cccc1CC1CCCCC1. The molecule has 1 aliphatic rings. The molecule has 1 aromatic rings. The van der Waals surface area contributed by atoms with Gasteiger partial charge in [-0.05, 0) is 35.4 Å². The third-order valence-corrected chi connectivity index (χ3v) is 3.98. The summed E-state index contributed by atoms with van der Waals surface area (Å²) < 4.78 is 0. The Hall–Kier alpha value is -0.980. The van der Waals surface area contributed by atoms with E-state index in [2.05, 4.69) is 19.9 Å². The molecule has 0 heterocycles. The quantitative estimate of drug-likeness (QED) is 0.805. The van der Waals surface area contributed by atoms with Crippen LogP contribution in [0.15, 0.2) is 18.2 Å². The molecule has 17 heavy (non-hydrogen) atoms. The number of rotatable bonds is 3. The third-order valence-electron chi connectivity index (χ3n) is 3.98. The molecule has 1 N–H and O–H groups in total. The molecule has 1 aromatic carbocycles. The molecule has 1 nitrogen and oxygen atoms in total. The monoisotopic (exact) mass is 232 g/mol. The molecule has 1 heteroatoms. The van der Waals surface area contributed by atoms with Gasteiger partial charge in [0.15, 0.2) is 0 Å². The van der Waals surface area contributed by atoms with Gasteiger partial charge in [0.25, 0.3) is 0 Å². The second-order valence-electron chi connectivity index (χ2n) is 5.71. The number of phenols is 1. The zero-order valence-corrected chi connectivity index (χ0v) is 11.1. The van der Waals surface area contributed by atoms with Crippen LogP contribution in [0.5, 0.6) is 5.75 Å². The van der Waals surface area contributed by atoms with Crippen LogP contribution in [-0.2, 0) is 6.42 Å². The Balaban J connectivity index is 2.16. The van der Waals surface area contributed by atoms with Crippen LogP contribution in [0.3, 0.4) is 0 Å². The summed E-state index contributed by atoms with van der Waals surface area (Å²) in [7, 11) is 0. The Morgan fingerprint density at radius 1 is 1.18 bits per heavy atom. The van der Waals surface area contributed by atoms with Gasteiger partial charge in [-0.3, -0.25) is 0 Å². The van der Waals surface area contributed by atoms with E-state index >= 15 is 0 Å². The van der Waals surface area contributed by atoms with Crippen molar-refractivity contribution in [3.8, 4) is 5.75 Å². The number of phenolic OH excluding ortho intramolecular Hbond substituents is 1. The summed E-state index contributed by atoms with van der Waals surface area (Å²) in [6.45, 7) is 4.33. The van der Waals surface area contributed by atoms with Crippen LogP contribution in [0.4, 0.5) is 0 Å². The van der Waals surface area contributed by atoms with E-state index in [9.17, 15) is 5.11 Å². The Bertz CT molecular complexity index is 362. The highest BCUT2D eigenvalue weighted by Gasteiger charge is 2.18. The Morgan fingerprint density at radius 2 is 1.88 bits per heavy atom. The van der Waals surface area contributed by atoms with Gasteiger partial charge in [0.2, 0.25) is 0 Å². The van der Waals surface area contributed by atoms with Crippen molar-refractivity contribution < 1.29 is 5.11 Å². The van der Waals surface area contributed by atoms with E-state index in [1.807, 2.05) is 12.1 Å². The van der Waals surface area contributed by atoms with E-state index < -0.39 is 0 Å². The van der Waals surface area contributed by atoms with Gasteiger partial charge < -0.3 is 5.11 Å². The van der Waals surface area contributed by atoms with Crippen molar-refractivity contribution in [2.75, 3.05) is 0 Å². The van der Waals surface area contributed by atoms with Gasteiger partial charge in [-0.1, -0.05) is 58.1 Å². The molecule has 1 saturated carbocycles.